The zero-order valence-electron chi connectivity index (χ0n) is 35.6. The van der Waals surface area contributed by atoms with Crippen LogP contribution in [-0.2, 0) is 6.18 Å². The number of aromatic nitrogens is 5. The van der Waals surface area contributed by atoms with Crippen molar-refractivity contribution in [1.82, 2.24) is 24.5 Å². The van der Waals surface area contributed by atoms with Gasteiger partial charge in [-0.25, -0.2) is 19.9 Å². The third kappa shape index (κ3) is 7.58. The Morgan fingerprint density at radius 3 is 1.42 bits per heavy atom. The van der Waals surface area contributed by atoms with E-state index < -0.39 is 11.7 Å². The summed E-state index contributed by atoms with van der Waals surface area (Å²) >= 11 is 0. The summed E-state index contributed by atoms with van der Waals surface area (Å²) in [5, 5.41) is 1.86. The molecule has 0 spiro atoms. The van der Waals surface area contributed by atoms with Crippen LogP contribution < -0.4 is 0 Å². The van der Waals surface area contributed by atoms with E-state index in [4.69, 9.17) is 19.9 Å². The van der Waals surface area contributed by atoms with Gasteiger partial charge in [0.2, 0.25) is 0 Å². The molecule has 0 atom stereocenters. The number of hydrogen-bond donors (Lipinski definition) is 0. The molecule has 0 fully saturated rings. The van der Waals surface area contributed by atoms with Crippen molar-refractivity contribution in [3.8, 4) is 84.6 Å². The summed E-state index contributed by atoms with van der Waals surface area (Å²) in [4.78, 5) is 20.5. The molecule has 8 heteroatoms. The average molecular weight is 862 g/mol. The molecule has 0 unspecified atom stereocenters. The Bertz CT molecular complexity index is 3310. The fourth-order valence-electron chi connectivity index (χ4n) is 8.76. The Balaban J connectivity index is 1.32. The smallest absolute Gasteiger partial charge is 0.308 e. The quantitative estimate of drug-likeness (QED) is 0.153. The normalized spacial score (nSPS) is 11.6. The Morgan fingerprint density at radius 1 is 0.364 bits per heavy atom. The van der Waals surface area contributed by atoms with Crippen LogP contribution in [0.1, 0.15) is 11.1 Å². The largest absolute Gasteiger partial charge is 0.416 e. The minimum Gasteiger partial charge on any atom is -0.308 e. The molecule has 5 nitrogen and oxygen atoms in total. The molecule has 0 saturated carbocycles. The van der Waals surface area contributed by atoms with Crippen molar-refractivity contribution in [2.45, 2.75) is 13.1 Å². The molecule has 0 bridgehead atoms. The molecule has 66 heavy (non-hydrogen) atoms. The van der Waals surface area contributed by atoms with E-state index in [1.54, 1.807) is 6.07 Å². The van der Waals surface area contributed by atoms with E-state index >= 15 is 13.2 Å². The van der Waals surface area contributed by atoms with Gasteiger partial charge in [0.15, 0.2) is 11.6 Å². The summed E-state index contributed by atoms with van der Waals surface area (Å²) in [7, 11) is 0. The number of nitrogens with zero attached hydrogens (tertiary/aromatic N) is 5. The van der Waals surface area contributed by atoms with E-state index in [1.165, 1.54) is 12.1 Å². The van der Waals surface area contributed by atoms with E-state index in [0.717, 1.165) is 60.8 Å². The Hall–Kier alpha value is -8.49. The van der Waals surface area contributed by atoms with Crippen LogP contribution in [0.3, 0.4) is 0 Å². The summed E-state index contributed by atoms with van der Waals surface area (Å²) in [6.45, 7) is 2.06. The van der Waals surface area contributed by atoms with Crippen molar-refractivity contribution in [3.63, 3.8) is 0 Å². The lowest BCUT2D eigenvalue weighted by atomic mass is 9.96. The Labute approximate surface area is 379 Å². The maximum absolute atomic E-state index is 15.7. The molecule has 0 N–H and O–H groups in total. The molecular formula is C58H38F3N5. The highest BCUT2D eigenvalue weighted by Gasteiger charge is 2.35. The maximum Gasteiger partial charge on any atom is 0.416 e. The number of fused-ring (bicyclic) bond motifs is 3. The second kappa shape index (κ2) is 16.6. The SMILES string of the molecule is Cc1cccc(-c2ccc3c4ccccc4n(-c4c(-c5cc(-c6ccccc6)nc(-c6ccccc6)n5)cc(C(F)(F)F)cc4-c4nc(-c5ccccc5)cc(-c5ccccc5)n4)c3c2)c1. The Kier molecular flexibility index (Phi) is 10.1. The average Bonchev–Trinajstić information content (AvgIpc) is 3.69. The van der Waals surface area contributed by atoms with Crippen LogP contribution in [-0.4, -0.2) is 24.5 Å². The molecule has 316 valence electrons. The summed E-state index contributed by atoms with van der Waals surface area (Å²) in [6, 6.07) is 67.1. The molecule has 11 rings (SSSR count). The number of halogens is 3. The van der Waals surface area contributed by atoms with Crippen LogP contribution in [0.5, 0.6) is 0 Å². The van der Waals surface area contributed by atoms with Gasteiger partial charge in [-0.2, -0.15) is 13.2 Å². The number of aryl methyl sites for hydroxylation is 1. The van der Waals surface area contributed by atoms with Crippen LogP contribution in [0, 0.1) is 6.92 Å². The van der Waals surface area contributed by atoms with Crippen molar-refractivity contribution < 1.29 is 13.2 Å². The van der Waals surface area contributed by atoms with Gasteiger partial charge in [0.05, 0.1) is 45.1 Å². The fourth-order valence-corrected chi connectivity index (χ4v) is 8.76. The van der Waals surface area contributed by atoms with Crippen molar-refractivity contribution in [2.24, 2.45) is 0 Å². The van der Waals surface area contributed by atoms with Gasteiger partial charge in [-0.3, -0.25) is 0 Å². The highest BCUT2D eigenvalue weighted by molar-refractivity contribution is 6.11. The molecule has 3 heterocycles. The van der Waals surface area contributed by atoms with Gasteiger partial charge in [-0.15, -0.1) is 0 Å². The minimum atomic E-state index is -4.77. The lowest BCUT2D eigenvalue weighted by molar-refractivity contribution is -0.137. The molecule has 0 saturated heterocycles. The third-order valence-corrected chi connectivity index (χ3v) is 11.9. The monoisotopic (exact) mass is 861 g/mol. The predicted octanol–water partition coefficient (Wildman–Crippen LogP) is 15.4. The van der Waals surface area contributed by atoms with Gasteiger partial charge < -0.3 is 4.57 Å². The van der Waals surface area contributed by atoms with E-state index in [-0.39, 0.29) is 17.0 Å². The number of benzene rings is 8. The van der Waals surface area contributed by atoms with Gasteiger partial charge in [-0.1, -0.05) is 181 Å². The molecule has 0 aliphatic carbocycles. The first-order valence-electron chi connectivity index (χ1n) is 21.6. The molecule has 8 aromatic carbocycles. The van der Waals surface area contributed by atoms with Gasteiger partial charge in [-0.05, 0) is 54.4 Å². The summed E-state index contributed by atoms with van der Waals surface area (Å²) < 4.78 is 49.3. The van der Waals surface area contributed by atoms with Crippen molar-refractivity contribution >= 4 is 21.8 Å². The Morgan fingerprint density at radius 2 is 0.833 bits per heavy atom. The minimum absolute atomic E-state index is 0.124. The molecular weight excluding hydrogens is 824 g/mol. The van der Waals surface area contributed by atoms with E-state index in [0.29, 0.717) is 34.3 Å². The van der Waals surface area contributed by atoms with Gasteiger partial charge in [0.1, 0.15) is 0 Å². The zero-order valence-corrected chi connectivity index (χ0v) is 35.6. The van der Waals surface area contributed by atoms with E-state index in [1.807, 2.05) is 152 Å². The number of hydrogen-bond acceptors (Lipinski definition) is 4. The van der Waals surface area contributed by atoms with Crippen LogP contribution >= 0.6 is 0 Å². The topological polar surface area (TPSA) is 56.5 Å². The van der Waals surface area contributed by atoms with Crippen LogP contribution in [0.25, 0.3) is 106 Å². The fraction of sp³-hybridized carbons (Fsp3) is 0.0345. The van der Waals surface area contributed by atoms with Gasteiger partial charge >= 0.3 is 6.18 Å². The summed E-state index contributed by atoms with van der Waals surface area (Å²) in [5.41, 5.74) is 9.73. The molecule has 0 aliphatic rings. The van der Waals surface area contributed by atoms with E-state index in [2.05, 4.69) is 54.0 Å². The lowest BCUT2D eigenvalue weighted by Gasteiger charge is -2.22. The molecule has 0 aliphatic heterocycles. The first-order chi connectivity index (χ1) is 32.2. The summed E-state index contributed by atoms with van der Waals surface area (Å²) in [5.74, 6) is 0.494. The number of alkyl halides is 3. The van der Waals surface area contributed by atoms with Crippen molar-refractivity contribution in [3.05, 3.63) is 223 Å². The van der Waals surface area contributed by atoms with Crippen LogP contribution in [0.2, 0.25) is 0 Å². The van der Waals surface area contributed by atoms with Crippen LogP contribution in [0.15, 0.2) is 212 Å². The van der Waals surface area contributed by atoms with Gasteiger partial charge in [0, 0.05) is 44.2 Å². The number of para-hydroxylation sites is 1. The predicted molar refractivity (Wildman–Crippen MR) is 260 cm³/mol. The third-order valence-electron chi connectivity index (χ3n) is 11.9. The highest BCUT2D eigenvalue weighted by Crippen LogP contribution is 2.46. The maximum atomic E-state index is 15.7. The highest BCUT2D eigenvalue weighted by atomic mass is 19.4. The standard InChI is InChI=1S/C58H38F3N5/c1-37-17-16-26-42(31-37)43-29-30-46-45-27-14-15-28-53(45)66(54(46)32-43)55-47(52-36-51(40-22-10-4-11-23-40)62-56(65-52)41-24-12-5-13-25-41)33-44(58(59,60)61)34-48(55)57-63-49(38-18-6-2-7-19-38)35-50(64-57)39-20-8-3-9-21-39/h2-36H,1H3. The van der Waals surface area contributed by atoms with Crippen LogP contribution in [0.4, 0.5) is 13.2 Å². The first kappa shape index (κ1) is 40.3. The zero-order chi connectivity index (χ0) is 44.8. The van der Waals surface area contributed by atoms with E-state index in [9.17, 15) is 0 Å². The van der Waals surface area contributed by atoms with Crippen molar-refractivity contribution in [2.75, 3.05) is 0 Å². The molecule has 0 amide bonds. The van der Waals surface area contributed by atoms with Gasteiger partial charge in [0.25, 0.3) is 0 Å². The number of rotatable bonds is 8. The lowest BCUT2D eigenvalue weighted by Crippen LogP contribution is -2.11. The molecule has 11 aromatic rings. The molecule has 0 radical (unpaired) electrons. The first-order valence-corrected chi connectivity index (χ1v) is 21.6. The van der Waals surface area contributed by atoms with Crippen molar-refractivity contribution in [1.29, 1.82) is 0 Å². The second-order valence-electron chi connectivity index (χ2n) is 16.3. The molecule has 3 aromatic heterocycles. The summed E-state index contributed by atoms with van der Waals surface area (Å²) in [6.07, 6.45) is -4.77. The second-order valence-corrected chi connectivity index (χ2v) is 16.3.